The van der Waals surface area contributed by atoms with E-state index in [2.05, 4.69) is 10.3 Å². The maximum Gasteiger partial charge on any atom is 0.348 e. The van der Waals surface area contributed by atoms with Crippen LogP contribution in [0.25, 0.3) is 0 Å². The molecule has 0 fully saturated rings. The molecule has 0 aliphatic heterocycles. The van der Waals surface area contributed by atoms with Crippen molar-refractivity contribution >= 4 is 46.2 Å². The Kier molecular flexibility index (Phi) is 9.40. The lowest BCUT2D eigenvalue weighted by molar-refractivity contribution is -0.377. The number of phenolic OH excluding ortho intramolecular Hbond substituents is 2. The number of nitrogens with one attached hydrogen (secondary N) is 2. The molecule has 1 atom stereocenters. The van der Waals surface area contributed by atoms with Crippen molar-refractivity contribution in [1.82, 2.24) is 0 Å². The minimum atomic E-state index is -0.462. The Morgan fingerprint density at radius 1 is 1.03 bits per heavy atom. The second-order valence-corrected chi connectivity index (χ2v) is 10.5. The molecule has 0 amide bonds. The van der Waals surface area contributed by atoms with E-state index in [0.29, 0.717) is 45.1 Å². The number of hydrogen-bond donors (Lipinski definition) is 3. The van der Waals surface area contributed by atoms with Gasteiger partial charge in [0.15, 0.2) is 35.4 Å². The topological polar surface area (TPSA) is 111 Å². The molecule has 2 aromatic carbocycles. The van der Waals surface area contributed by atoms with E-state index in [-0.39, 0.29) is 24.0 Å². The van der Waals surface area contributed by atoms with Gasteiger partial charge in [0.1, 0.15) is 14.9 Å². The molecule has 4 rings (SSSR count). The van der Waals surface area contributed by atoms with Crippen LogP contribution in [0.5, 0.6) is 23.0 Å². The first-order chi connectivity index (χ1) is 18.8. The van der Waals surface area contributed by atoms with Crippen LogP contribution >= 0.6 is 34.5 Å². The molecule has 0 radical (unpaired) electrons. The fourth-order valence-electron chi connectivity index (χ4n) is 3.98. The normalized spacial score (nSPS) is 11.6. The standard InChI is InChI=1S/C28H26Cl2N2O6S/c1-36-24-8-6-16(11-25(24)37-2)17(10-19-20(29)13-31-14-21(19)30)15-38-28(35)26-9-7-18(39-26)12-32-22-4-3-5-23(33)27(22)34/h3-9,11,13-14,17,32-34H,10,12,15H2,1-2H3/p+1/t17-/m1/s1. The summed E-state index contributed by atoms with van der Waals surface area (Å²) < 4.78 is 16.6. The van der Waals surface area contributed by atoms with Gasteiger partial charge < -0.3 is 29.7 Å². The number of pyridine rings is 1. The number of phenols is 2. The number of aromatic amines is 1. The molecule has 0 saturated heterocycles. The van der Waals surface area contributed by atoms with Crippen LogP contribution in [0, 0.1) is 0 Å². The van der Waals surface area contributed by atoms with Gasteiger partial charge in [-0.05, 0) is 48.4 Å². The molecule has 4 N–H and O–H groups in total. The van der Waals surface area contributed by atoms with E-state index >= 15 is 0 Å². The van der Waals surface area contributed by atoms with Crippen molar-refractivity contribution in [3.63, 3.8) is 0 Å². The smallest absolute Gasteiger partial charge is 0.348 e. The molecular weight excluding hydrogens is 563 g/mol. The van der Waals surface area contributed by atoms with Gasteiger partial charge in [-0.2, -0.15) is 0 Å². The number of esters is 1. The number of benzene rings is 2. The first-order valence-corrected chi connectivity index (χ1v) is 13.4. The third-order valence-corrected chi connectivity index (χ3v) is 7.81. The Hall–Kier alpha value is -3.66. The van der Waals surface area contributed by atoms with E-state index in [1.165, 1.54) is 17.4 Å². The van der Waals surface area contributed by atoms with Gasteiger partial charge in [0, 0.05) is 22.9 Å². The summed E-state index contributed by atoms with van der Waals surface area (Å²) in [6.07, 6.45) is 3.72. The zero-order valence-electron chi connectivity index (χ0n) is 21.2. The number of hydrogen-bond acceptors (Lipinski definition) is 8. The molecule has 0 aliphatic rings. The van der Waals surface area contributed by atoms with E-state index in [1.807, 2.05) is 12.1 Å². The third kappa shape index (κ3) is 6.86. The van der Waals surface area contributed by atoms with Crippen molar-refractivity contribution < 1.29 is 34.2 Å². The SMILES string of the molecule is COc1ccc([C@@H](COC(=O)c2ccc(CNc3cccc(O)c3O)s2)Cc2c(Cl)c[nH+]cc2Cl)cc1OC. The minimum Gasteiger partial charge on any atom is -0.504 e. The zero-order chi connectivity index (χ0) is 27.9. The zero-order valence-corrected chi connectivity index (χ0v) is 23.5. The number of aromatic hydroxyl groups is 2. The van der Waals surface area contributed by atoms with Crippen LogP contribution < -0.4 is 19.8 Å². The number of methoxy groups -OCH3 is 2. The minimum absolute atomic E-state index is 0.0717. The summed E-state index contributed by atoms with van der Waals surface area (Å²) in [6.45, 7) is 0.424. The molecule has 8 nitrogen and oxygen atoms in total. The van der Waals surface area contributed by atoms with E-state index in [1.54, 1.807) is 56.9 Å². The van der Waals surface area contributed by atoms with Gasteiger partial charge in [0.05, 0.1) is 26.5 Å². The summed E-state index contributed by atoms with van der Waals surface area (Å²) in [7, 11) is 3.12. The number of aromatic nitrogens is 1. The molecule has 0 aliphatic carbocycles. The van der Waals surface area contributed by atoms with Crippen molar-refractivity contribution in [2.24, 2.45) is 0 Å². The number of para-hydroxylation sites is 1. The fourth-order valence-corrected chi connectivity index (χ4v) is 5.36. The first-order valence-electron chi connectivity index (χ1n) is 11.9. The van der Waals surface area contributed by atoms with E-state index < -0.39 is 5.97 Å². The van der Waals surface area contributed by atoms with E-state index in [9.17, 15) is 15.0 Å². The number of ether oxygens (including phenoxy) is 3. The summed E-state index contributed by atoms with van der Waals surface area (Å²) in [5.74, 6) is -0.0437. The highest BCUT2D eigenvalue weighted by Gasteiger charge is 2.22. The first kappa shape index (κ1) is 28.4. The van der Waals surface area contributed by atoms with E-state index in [0.717, 1.165) is 16.0 Å². The summed E-state index contributed by atoms with van der Waals surface area (Å²) in [5.41, 5.74) is 1.98. The molecule has 0 bridgehead atoms. The Morgan fingerprint density at radius 3 is 2.49 bits per heavy atom. The molecule has 2 heterocycles. The second-order valence-electron chi connectivity index (χ2n) is 8.54. The summed E-state index contributed by atoms with van der Waals surface area (Å²) in [4.78, 5) is 17.2. The highest BCUT2D eigenvalue weighted by atomic mass is 35.5. The maximum atomic E-state index is 13.0. The van der Waals surface area contributed by atoms with Crippen molar-refractivity contribution in [2.75, 3.05) is 26.1 Å². The quantitative estimate of drug-likeness (QED) is 0.143. The monoisotopic (exact) mass is 589 g/mol. The molecule has 0 spiro atoms. The molecule has 0 saturated carbocycles. The molecule has 11 heteroatoms. The molecule has 2 aromatic heterocycles. The predicted octanol–water partition coefficient (Wildman–Crippen LogP) is 6.09. The highest BCUT2D eigenvalue weighted by molar-refractivity contribution is 7.13. The number of rotatable bonds is 11. The molecule has 204 valence electrons. The van der Waals surface area contributed by atoms with Crippen LogP contribution in [0.3, 0.4) is 0 Å². The number of halogens is 2. The number of carbonyl (C=O) groups is 1. The van der Waals surface area contributed by atoms with Gasteiger partial charge in [-0.1, -0.05) is 35.3 Å². The lowest BCUT2D eigenvalue weighted by Crippen LogP contribution is -2.16. The number of carbonyl (C=O) groups excluding carboxylic acids is 1. The van der Waals surface area contributed by atoms with E-state index in [4.69, 9.17) is 37.4 Å². The van der Waals surface area contributed by atoms with Crippen molar-refractivity contribution in [3.05, 3.63) is 91.9 Å². The van der Waals surface area contributed by atoms with Gasteiger partial charge in [-0.15, -0.1) is 11.3 Å². The van der Waals surface area contributed by atoms with Crippen LogP contribution in [-0.4, -0.2) is 37.0 Å². The van der Waals surface area contributed by atoms with Crippen LogP contribution in [-0.2, 0) is 17.7 Å². The average Bonchev–Trinajstić information content (AvgIpc) is 3.42. The highest BCUT2D eigenvalue weighted by Crippen LogP contribution is 2.35. The average molecular weight is 591 g/mol. The van der Waals surface area contributed by atoms with Crippen LogP contribution in [0.2, 0.25) is 10.0 Å². The predicted molar refractivity (Wildman–Crippen MR) is 151 cm³/mol. The Labute approximate surface area is 239 Å². The molecular formula is C28H27Cl2N2O6S+. The van der Waals surface area contributed by atoms with Gasteiger partial charge in [0.25, 0.3) is 0 Å². The molecule has 0 unspecified atom stereocenters. The van der Waals surface area contributed by atoms with Crippen LogP contribution in [0.1, 0.15) is 31.6 Å². The third-order valence-electron chi connectivity index (χ3n) is 6.07. The van der Waals surface area contributed by atoms with Crippen molar-refractivity contribution in [1.29, 1.82) is 0 Å². The molecule has 39 heavy (non-hydrogen) atoms. The number of H-pyrrole nitrogens is 1. The summed E-state index contributed by atoms with van der Waals surface area (Å²) in [5, 5.41) is 23.6. The summed E-state index contributed by atoms with van der Waals surface area (Å²) in [6, 6.07) is 13.7. The van der Waals surface area contributed by atoms with Crippen LogP contribution in [0.15, 0.2) is 60.9 Å². The van der Waals surface area contributed by atoms with Crippen LogP contribution in [0.4, 0.5) is 5.69 Å². The fraction of sp³-hybridized carbons (Fsp3) is 0.214. The van der Waals surface area contributed by atoms with Crippen molar-refractivity contribution in [3.8, 4) is 23.0 Å². The maximum absolute atomic E-state index is 13.0. The largest absolute Gasteiger partial charge is 0.504 e. The Bertz CT molecular complexity index is 1440. The van der Waals surface area contributed by atoms with Gasteiger partial charge in [0.2, 0.25) is 0 Å². The lowest BCUT2D eigenvalue weighted by atomic mass is 9.92. The van der Waals surface area contributed by atoms with Crippen molar-refractivity contribution in [2.45, 2.75) is 18.9 Å². The number of thiophene rings is 1. The number of anilines is 1. The Morgan fingerprint density at radius 2 is 1.77 bits per heavy atom. The lowest BCUT2D eigenvalue weighted by Gasteiger charge is -2.20. The second kappa shape index (κ2) is 12.9. The molecule has 4 aromatic rings. The van der Waals surface area contributed by atoms with Gasteiger partial charge >= 0.3 is 5.97 Å². The van der Waals surface area contributed by atoms with Gasteiger partial charge in [-0.25, -0.2) is 9.78 Å². The van der Waals surface area contributed by atoms with Gasteiger partial charge in [-0.3, -0.25) is 0 Å². The summed E-state index contributed by atoms with van der Waals surface area (Å²) >= 11 is 14.1. The Balaban J connectivity index is 1.48.